The number of amides is 4. The van der Waals surface area contributed by atoms with Gasteiger partial charge in [-0.2, -0.15) is 10.2 Å². The van der Waals surface area contributed by atoms with E-state index in [1.54, 1.807) is 48.5 Å². The number of rotatable bonds is 8. The number of imide groups is 2. The number of aliphatic hydroxyl groups excluding tert-OH is 1. The van der Waals surface area contributed by atoms with E-state index >= 15 is 0 Å². The van der Waals surface area contributed by atoms with Crippen molar-refractivity contribution in [3.8, 4) is 5.75 Å². The molecule has 2 heterocycles. The van der Waals surface area contributed by atoms with Crippen LogP contribution in [-0.2, 0) is 19.2 Å². The molecule has 0 spiro atoms. The second-order valence-electron chi connectivity index (χ2n) is 13.3. The van der Waals surface area contributed by atoms with Crippen molar-refractivity contribution in [2.24, 2.45) is 28.0 Å². The van der Waals surface area contributed by atoms with Crippen molar-refractivity contribution in [1.29, 1.82) is 0 Å². The van der Waals surface area contributed by atoms with Crippen LogP contribution in [0.15, 0.2) is 94.7 Å². The van der Waals surface area contributed by atoms with Crippen LogP contribution in [-0.4, -0.2) is 77.7 Å². The first-order valence-electron chi connectivity index (χ1n) is 16.3. The number of allylic oxidation sites excluding steroid dienone is 2. The smallest absolute Gasteiger partial charge is 0.253 e. The lowest BCUT2D eigenvalue weighted by molar-refractivity contribution is -0.138. The van der Waals surface area contributed by atoms with Gasteiger partial charge in [0.05, 0.1) is 35.5 Å². The molecule has 4 aliphatic rings. The van der Waals surface area contributed by atoms with Gasteiger partial charge in [0.2, 0.25) is 11.8 Å². The molecular formula is C37H35Cl2N5O6. The maximum absolute atomic E-state index is 14.3. The number of azo groups is 1. The molecule has 2 aliphatic heterocycles. The summed E-state index contributed by atoms with van der Waals surface area (Å²) in [6.45, 7) is -0.0539. The lowest BCUT2D eigenvalue weighted by Gasteiger charge is -2.50. The normalized spacial score (nSPS) is 28.9. The van der Waals surface area contributed by atoms with E-state index in [1.165, 1.54) is 11.9 Å². The van der Waals surface area contributed by atoms with E-state index < -0.39 is 51.1 Å². The summed E-state index contributed by atoms with van der Waals surface area (Å²) in [4.78, 5) is 56.1. The minimum atomic E-state index is -1.87. The third kappa shape index (κ3) is 5.13. The van der Waals surface area contributed by atoms with Crippen molar-refractivity contribution < 1.29 is 29.0 Å². The van der Waals surface area contributed by atoms with E-state index in [0.717, 1.165) is 10.6 Å². The molecule has 7 rings (SSSR count). The number of nitrogens with zero attached hydrogens (tertiary/aromatic N) is 5. The molecule has 258 valence electrons. The zero-order chi connectivity index (χ0) is 35.5. The van der Waals surface area contributed by atoms with E-state index in [1.807, 2.05) is 49.3 Å². The number of benzene rings is 3. The molecule has 0 radical (unpaired) electrons. The van der Waals surface area contributed by atoms with Crippen molar-refractivity contribution in [3.05, 3.63) is 90.0 Å². The van der Waals surface area contributed by atoms with Gasteiger partial charge in [-0.05, 0) is 85.0 Å². The van der Waals surface area contributed by atoms with Gasteiger partial charge in [-0.3, -0.25) is 29.0 Å². The van der Waals surface area contributed by atoms with Crippen LogP contribution >= 0.6 is 23.2 Å². The fourth-order valence-corrected chi connectivity index (χ4v) is 8.91. The highest BCUT2D eigenvalue weighted by Gasteiger charge is 2.75. The largest absolute Gasteiger partial charge is 0.491 e. The van der Waals surface area contributed by atoms with Gasteiger partial charge in [0.1, 0.15) is 12.4 Å². The average Bonchev–Trinajstić information content (AvgIpc) is 3.45. The summed E-state index contributed by atoms with van der Waals surface area (Å²) in [5.74, 6) is -4.49. The number of anilines is 2. The fourth-order valence-electron chi connectivity index (χ4n) is 7.89. The minimum absolute atomic E-state index is 0.0874. The third-order valence-electron chi connectivity index (χ3n) is 10.3. The van der Waals surface area contributed by atoms with Crippen LogP contribution in [0.1, 0.15) is 24.3 Å². The SMILES string of the molecule is CN1C(=O)C2(Cl)CC3C(=CCC4C(=O)N(c5ccc(N=Nc6ccc(N(C)C)cc6)cc5)C(=O)C43)C(c3ccc(OCCO)cc3)C2(Cl)C1=O. The fraction of sp³-hybridized carbons (Fsp3) is 0.351. The maximum atomic E-state index is 14.3. The number of carbonyl (C=O) groups is 4. The number of carbonyl (C=O) groups excluding carboxylic acids is 4. The Hall–Kier alpha value is -4.58. The first-order valence-corrected chi connectivity index (χ1v) is 17.1. The van der Waals surface area contributed by atoms with Gasteiger partial charge >= 0.3 is 0 Å². The van der Waals surface area contributed by atoms with Crippen molar-refractivity contribution in [2.45, 2.75) is 28.5 Å². The van der Waals surface area contributed by atoms with Gasteiger partial charge in [0.15, 0.2) is 9.75 Å². The number of fused-ring (bicyclic) bond motifs is 4. The first kappa shape index (κ1) is 33.9. The Bertz CT molecular complexity index is 1930. The van der Waals surface area contributed by atoms with Gasteiger partial charge in [0, 0.05) is 32.7 Å². The molecule has 13 heteroatoms. The van der Waals surface area contributed by atoms with Crippen molar-refractivity contribution in [2.75, 3.05) is 44.2 Å². The van der Waals surface area contributed by atoms with Crippen LogP contribution in [0.4, 0.5) is 22.7 Å². The summed E-state index contributed by atoms with van der Waals surface area (Å²) < 4.78 is 5.53. The predicted molar refractivity (Wildman–Crippen MR) is 188 cm³/mol. The first-order chi connectivity index (χ1) is 23.9. The van der Waals surface area contributed by atoms with Crippen molar-refractivity contribution >= 4 is 69.6 Å². The molecule has 3 aromatic carbocycles. The van der Waals surface area contributed by atoms with Gasteiger partial charge in [-0.25, -0.2) is 0 Å². The molecule has 4 amide bonds. The highest BCUT2D eigenvalue weighted by molar-refractivity contribution is 6.53. The Morgan fingerprint density at radius 1 is 0.860 bits per heavy atom. The highest BCUT2D eigenvalue weighted by atomic mass is 35.5. The molecule has 0 bridgehead atoms. The summed E-state index contributed by atoms with van der Waals surface area (Å²) in [5.41, 5.74) is 3.98. The molecule has 2 aliphatic carbocycles. The van der Waals surface area contributed by atoms with Gasteiger partial charge in [0.25, 0.3) is 11.8 Å². The van der Waals surface area contributed by atoms with Gasteiger partial charge in [-0.1, -0.05) is 23.8 Å². The van der Waals surface area contributed by atoms with E-state index in [0.29, 0.717) is 33.9 Å². The predicted octanol–water partition coefficient (Wildman–Crippen LogP) is 5.73. The van der Waals surface area contributed by atoms with Crippen molar-refractivity contribution in [3.63, 3.8) is 0 Å². The molecule has 6 unspecified atom stereocenters. The molecule has 2 saturated heterocycles. The lowest BCUT2D eigenvalue weighted by atomic mass is 9.56. The summed E-state index contributed by atoms with van der Waals surface area (Å²) in [6.07, 6.45) is 2.06. The molecule has 6 atom stereocenters. The Kier molecular flexibility index (Phi) is 8.56. The monoisotopic (exact) mass is 715 g/mol. The third-order valence-corrected chi connectivity index (χ3v) is 11.8. The standard InChI is InChI=1S/C37H35Cl2N5O6/c1-42(2)24-10-6-22(7-11-24)40-41-23-8-12-25(13-9-23)44-32(46)28-17-16-27-29(30(28)33(44)47)20-36(38)34(48)43(3)35(49)37(36,39)31(27)21-4-14-26(15-5-21)50-19-18-45/h4-16,28-31,45H,17-20H2,1-3H3. The van der Waals surface area contributed by atoms with Crippen LogP contribution in [0.2, 0.25) is 0 Å². The van der Waals surface area contributed by atoms with Crippen LogP contribution < -0.4 is 14.5 Å². The quantitative estimate of drug-likeness (QED) is 0.136. The van der Waals surface area contributed by atoms with Crippen LogP contribution in [0.5, 0.6) is 5.75 Å². The second kappa shape index (κ2) is 12.6. The zero-order valence-corrected chi connectivity index (χ0v) is 29.1. The van der Waals surface area contributed by atoms with Crippen molar-refractivity contribution in [1.82, 2.24) is 4.90 Å². The molecule has 1 N–H and O–H groups in total. The molecule has 11 nitrogen and oxygen atoms in total. The average molecular weight is 717 g/mol. The summed E-state index contributed by atoms with van der Waals surface area (Å²) in [7, 11) is 5.27. The van der Waals surface area contributed by atoms with E-state index in [9.17, 15) is 19.2 Å². The van der Waals surface area contributed by atoms with Crippen LogP contribution in [0.25, 0.3) is 0 Å². The second-order valence-corrected chi connectivity index (χ2v) is 14.5. The van der Waals surface area contributed by atoms with E-state index in [-0.39, 0.29) is 32.0 Å². The number of aliphatic hydroxyl groups is 1. The Morgan fingerprint density at radius 2 is 1.48 bits per heavy atom. The van der Waals surface area contributed by atoms with Gasteiger partial charge < -0.3 is 14.7 Å². The number of ether oxygens (including phenoxy) is 1. The number of hydrogen-bond acceptors (Lipinski definition) is 9. The topological polar surface area (TPSA) is 132 Å². The molecule has 50 heavy (non-hydrogen) atoms. The number of likely N-dealkylation sites (tertiary alicyclic amines) is 1. The zero-order valence-electron chi connectivity index (χ0n) is 27.6. The summed E-state index contributed by atoms with van der Waals surface area (Å²) >= 11 is 14.5. The van der Waals surface area contributed by atoms with E-state index in [4.69, 9.17) is 33.0 Å². The molecule has 0 aromatic heterocycles. The van der Waals surface area contributed by atoms with Gasteiger partial charge in [-0.15, -0.1) is 23.2 Å². The number of hydrogen-bond donors (Lipinski definition) is 1. The summed E-state index contributed by atoms with van der Waals surface area (Å²) in [6, 6.07) is 21.2. The Balaban J connectivity index is 1.19. The van der Waals surface area contributed by atoms with Crippen LogP contribution in [0, 0.1) is 17.8 Å². The van der Waals surface area contributed by atoms with E-state index in [2.05, 4.69) is 10.2 Å². The minimum Gasteiger partial charge on any atom is -0.491 e. The molecular weight excluding hydrogens is 681 g/mol. The summed E-state index contributed by atoms with van der Waals surface area (Å²) in [5, 5.41) is 17.8. The highest BCUT2D eigenvalue weighted by Crippen LogP contribution is 2.65. The number of halogens is 2. The molecule has 3 fully saturated rings. The Morgan fingerprint density at radius 3 is 2.08 bits per heavy atom. The molecule has 1 saturated carbocycles. The lowest BCUT2D eigenvalue weighted by Crippen LogP contribution is -2.60. The molecule has 3 aromatic rings. The van der Waals surface area contributed by atoms with Crippen LogP contribution in [0.3, 0.4) is 0 Å². The number of alkyl halides is 2. The maximum Gasteiger partial charge on any atom is 0.253 e. The Labute approximate surface area is 299 Å².